The molecule has 0 aliphatic carbocycles. The number of ether oxygens (including phenoxy) is 1. The first-order valence-electron chi connectivity index (χ1n) is 9.32. The van der Waals surface area contributed by atoms with Crippen molar-refractivity contribution in [3.63, 3.8) is 0 Å². The molecule has 0 fully saturated rings. The summed E-state index contributed by atoms with van der Waals surface area (Å²) in [4.78, 5) is 37.7. The van der Waals surface area contributed by atoms with E-state index in [1.165, 1.54) is 10.6 Å². The van der Waals surface area contributed by atoms with Gasteiger partial charge in [0.15, 0.2) is 5.78 Å². The second-order valence-electron chi connectivity index (χ2n) is 6.58. The van der Waals surface area contributed by atoms with Crippen LogP contribution in [0.3, 0.4) is 0 Å². The smallest absolute Gasteiger partial charge is 0.333 e. The third-order valence-corrected chi connectivity index (χ3v) is 5.62. The predicted molar refractivity (Wildman–Crippen MR) is 119 cm³/mol. The van der Waals surface area contributed by atoms with Crippen LogP contribution in [0.4, 0.5) is 0 Å². The first-order valence-corrected chi connectivity index (χ1v) is 10.5. The number of Topliss-reactive ketones (excluding diaryl/α,β-unsaturated/α-hetero) is 1. The second kappa shape index (κ2) is 9.69. The maximum absolute atomic E-state index is 13.0. The van der Waals surface area contributed by atoms with E-state index in [0.29, 0.717) is 19.8 Å². The molecule has 1 aromatic heterocycles. The van der Waals surface area contributed by atoms with Gasteiger partial charge >= 0.3 is 5.97 Å². The second-order valence-corrected chi connectivity index (χ2v) is 8.08. The van der Waals surface area contributed by atoms with Gasteiger partial charge in [0.05, 0.1) is 23.8 Å². The Labute approximate surface area is 182 Å². The van der Waals surface area contributed by atoms with Gasteiger partial charge in [-0.25, -0.2) is 4.79 Å². The average molecular weight is 442 g/mol. The number of halogens is 1. The number of thiazole rings is 1. The summed E-state index contributed by atoms with van der Waals surface area (Å²) < 4.78 is 7.06. The Bertz CT molecular complexity index is 1240. The van der Waals surface area contributed by atoms with Crippen LogP contribution in [-0.4, -0.2) is 22.9 Å². The van der Waals surface area contributed by atoms with Crippen LogP contribution in [0.15, 0.2) is 53.3 Å². The number of aryl methyl sites for hydroxylation is 1. The van der Waals surface area contributed by atoms with Crippen molar-refractivity contribution in [2.75, 3.05) is 6.61 Å². The molecule has 0 aliphatic heterocycles. The molecule has 0 saturated heterocycles. The SMILES string of the molecule is CCOC(=O)C=c1sc(=Cc2ccc(C)cc2)c(=O)n1CC(=O)c1ccc(Cl)cc1. The third-order valence-electron chi connectivity index (χ3n) is 4.31. The van der Waals surface area contributed by atoms with Crippen LogP contribution in [0.1, 0.15) is 28.4 Å². The Morgan fingerprint density at radius 3 is 2.40 bits per heavy atom. The van der Waals surface area contributed by atoms with Crippen molar-refractivity contribution >= 4 is 46.8 Å². The lowest BCUT2D eigenvalue weighted by atomic mass is 10.1. The molecule has 0 amide bonds. The van der Waals surface area contributed by atoms with Gasteiger partial charge in [-0.2, -0.15) is 0 Å². The number of carbonyl (C=O) groups is 2. The van der Waals surface area contributed by atoms with Gasteiger partial charge in [0.2, 0.25) is 0 Å². The molecule has 0 N–H and O–H groups in total. The van der Waals surface area contributed by atoms with E-state index in [-0.39, 0.29) is 24.5 Å². The van der Waals surface area contributed by atoms with Gasteiger partial charge in [-0.1, -0.05) is 41.4 Å². The van der Waals surface area contributed by atoms with Crippen molar-refractivity contribution in [1.29, 1.82) is 0 Å². The summed E-state index contributed by atoms with van der Waals surface area (Å²) in [6, 6.07) is 14.2. The standard InChI is InChI=1S/C23H20ClNO4S/c1-3-29-22(27)13-21-25(14-19(26)17-8-10-18(24)11-9-17)23(28)20(30-21)12-16-6-4-15(2)5-7-16/h4-13H,3,14H2,1-2H3. The zero-order valence-corrected chi connectivity index (χ0v) is 18.1. The topological polar surface area (TPSA) is 65.4 Å². The fourth-order valence-electron chi connectivity index (χ4n) is 2.76. The maximum Gasteiger partial charge on any atom is 0.333 e. The molecule has 0 saturated carbocycles. The number of hydrogen-bond acceptors (Lipinski definition) is 5. The summed E-state index contributed by atoms with van der Waals surface area (Å²) in [6.45, 7) is 3.71. The minimum absolute atomic E-state index is 0.191. The summed E-state index contributed by atoms with van der Waals surface area (Å²) in [5, 5.41) is 0.519. The zero-order valence-electron chi connectivity index (χ0n) is 16.6. The van der Waals surface area contributed by atoms with E-state index in [1.807, 2.05) is 31.2 Å². The number of aromatic nitrogens is 1. The van der Waals surface area contributed by atoms with E-state index in [2.05, 4.69) is 0 Å². The Hall–Kier alpha value is -2.96. The summed E-state index contributed by atoms with van der Waals surface area (Å²) in [5.41, 5.74) is 2.07. The Morgan fingerprint density at radius 1 is 1.10 bits per heavy atom. The number of carbonyl (C=O) groups excluding carboxylic acids is 2. The van der Waals surface area contributed by atoms with Crippen LogP contribution >= 0.6 is 22.9 Å². The van der Waals surface area contributed by atoms with E-state index < -0.39 is 5.97 Å². The van der Waals surface area contributed by atoms with Gasteiger partial charge in [0.1, 0.15) is 4.66 Å². The Balaban J connectivity index is 2.07. The van der Waals surface area contributed by atoms with Crippen molar-refractivity contribution in [1.82, 2.24) is 4.57 Å². The van der Waals surface area contributed by atoms with Crippen molar-refractivity contribution in [2.24, 2.45) is 0 Å². The maximum atomic E-state index is 13.0. The Morgan fingerprint density at radius 2 is 1.77 bits per heavy atom. The number of ketones is 1. The number of esters is 1. The molecule has 0 bridgehead atoms. The molecule has 0 spiro atoms. The molecule has 2 aromatic carbocycles. The van der Waals surface area contributed by atoms with Gasteiger partial charge < -0.3 is 4.74 Å². The number of benzene rings is 2. The van der Waals surface area contributed by atoms with Crippen LogP contribution < -0.4 is 14.8 Å². The van der Waals surface area contributed by atoms with Crippen molar-refractivity contribution in [2.45, 2.75) is 20.4 Å². The van der Waals surface area contributed by atoms with Gasteiger partial charge in [-0.15, -0.1) is 11.3 Å². The average Bonchev–Trinajstić information content (AvgIpc) is 2.99. The highest BCUT2D eigenvalue weighted by molar-refractivity contribution is 7.07. The highest BCUT2D eigenvalue weighted by atomic mass is 35.5. The first kappa shape index (κ1) is 21.7. The molecule has 0 aliphatic rings. The van der Waals surface area contributed by atoms with Crippen molar-refractivity contribution in [3.8, 4) is 0 Å². The lowest BCUT2D eigenvalue weighted by molar-refractivity contribution is -0.135. The normalized spacial score (nSPS) is 12.2. The third kappa shape index (κ3) is 5.34. The molecule has 5 nitrogen and oxygen atoms in total. The molecule has 1 heterocycles. The van der Waals surface area contributed by atoms with Gasteiger partial charge in [0.25, 0.3) is 5.56 Å². The minimum Gasteiger partial charge on any atom is -0.463 e. The highest BCUT2D eigenvalue weighted by Crippen LogP contribution is 2.10. The lowest BCUT2D eigenvalue weighted by Crippen LogP contribution is -2.34. The quantitative estimate of drug-likeness (QED) is 0.436. The summed E-state index contributed by atoms with van der Waals surface area (Å²) in [6.07, 6.45) is 3.00. The van der Waals surface area contributed by atoms with Crippen LogP contribution in [0.5, 0.6) is 0 Å². The Kier molecular flexibility index (Phi) is 7.03. The monoisotopic (exact) mass is 441 g/mol. The fourth-order valence-corrected chi connectivity index (χ4v) is 3.92. The van der Waals surface area contributed by atoms with Crippen molar-refractivity contribution < 1.29 is 14.3 Å². The molecule has 154 valence electrons. The van der Waals surface area contributed by atoms with Crippen LogP contribution in [0.2, 0.25) is 5.02 Å². The molecule has 30 heavy (non-hydrogen) atoms. The lowest BCUT2D eigenvalue weighted by Gasteiger charge is -2.03. The molecule has 0 atom stereocenters. The zero-order chi connectivity index (χ0) is 21.7. The van der Waals surface area contributed by atoms with E-state index in [9.17, 15) is 14.4 Å². The molecule has 3 aromatic rings. The van der Waals surface area contributed by atoms with Gasteiger partial charge in [0, 0.05) is 10.6 Å². The largest absolute Gasteiger partial charge is 0.463 e. The van der Waals surface area contributed by atoms with Gasteiger partial charge in [-0.3, -0.25) is 14.2 Å². The van der Waals surface area contributed by atoms with E-state index in [1.54, 1.807) is 37.3 Å². The van der Waals surface area contributed by atoms with Crippen LogP contribution in [0, 0.1) is 6.92 Å². The van der Waals surface area contributed by atoms with E-state index in [4.69, 9.17) is 16.3 Å². The molecular weight excluding hydrogens is 422 g/mol. The minimum atomic E-state index is -0.562. The van der Waals surface area contributed by atoms with Gasteiger partial charge in [-0.05, 0) is 49.8 Å². The summed E-state index contributed by atoms with van der Waals surface area (Å²) >= 11 is 7.02. The van der Waals surface area contributed by atoms with Crippen molar-refractivity contribution in [3.05, 3.63) is 89.8 Å². The number of nitrogens with zero attached hydrogens (tertiary/aromatic N) is 1. The number of hydrogen-bond donors (Lipinski definition) is 0. The summed E-state index contributed by atoms with van der Waals surface area (Å²) in [5.74, 6) is -0.819. The van der Waals surface area contributed by atoms with Crippen LogP contribution in [0.25, 0.3) is 12.2 Å². The van der Waals surface area contributed by atoms with E-state index >= 15 is 0 Å². The molecular formula is C23H20ClNO4S. The van der Waals surface area contributed by atoms with Crippen LogP contribution in [-0.2, 0) is 16.1 Å². The highest BCUT2D eigenvalue weighted by Gasteiger charge is 2.13. The first-order chi connectivity index (χ1) is 14.4. The molecule has 3 rings (SSSR count). The molecule has 0 unspecified atom stereocenters. The molecule has 7 heteroatoms. The molecule has 0 radical (unpaired) electrons. The number of rotatable bonds is 6. The fraction of sp³-hybridized carbons (Fsp3) is 0.174. The van der Waals surface area contributed by atoms with E-state index in [0.717, 1.165) is 22.5 Å². The predicted octanol–water partition coefficient (Wildman–Crippen LogP) is 2.93. The summed E-state index contributed by atoms with van der Waals surface area (Å²) in [7, 11) is 0.